The molecule has 1 aromatic heterocycles. The van der Waals surface area contributed by atoms with Gasteiger partial charge in [0.1, 0.15) is 11.5 Å². The maximum absolute atomic E-state index is 5.57. The fourth-order valence-corrected chi connectivity index (χ4v) is 4.22. The van der Waals surface area contributed by atoms with Crippen molar-refractivity contribution in [2.75, 3.05) is 31.5 Å². The minimum absolute atomic E-state index is 0.650. The second-order valence-electron chi connectivity index (χ2n) is 5.64. The molecule has 0 aliphatic rings. The molecule has 0 spiro atoms. The second-order valence-corrected chi connectivity index (χ2v) is 7.69. The van der Waals surface area contributed by atoms with Gasteiger partial charge < -0.3 is 9.47 Å². The molecule has 0 fully saturated rings. The maximum Gasteiger partial charge on any atom is 0.196 e. The third kappa shape index (κ3) is 4.78. The first-order valence-corrected chi connectivity index (χ1v) is 11.1. The standard InChI is InChI=1S/C20H23N3O2S2/c1-4-25-17-10-8-16(9-11-17)23-19(15-6-5-7-18(14-15)24-2)21-22-20(23)27-13-12-26-3/h5-11,14H,4,12-13H2,1-3H3. The van der Waals surface area contributed by atoms with Gasteiger partial charge in [0.15, 0.2) is 11.0 Å². The van der Waals surface area contributed by atoms with Crippen LogP contribution in [0.3, 0.4) is 0 Å². The van der Waals surface area contributed by atoms with Crippen LogP contribution in [0.25, 0.3) is 17.1 Å². The number of thioether (sulfide) groups is 2. The molecule has 3 aromatic rings. The zero-order valence-corrected chi connectivity index (χ0v) is 17.3. The average molecular weight is 402 g/mol. The van der Waals surface area contributed by atoms with Gasteiger partial charge in [-0.05, 0) is 49.6 Å². The Morgan fingerprint density at radius 3 is 2.52 bits per heavy atom. The van der Waals surface area contributed by atoms with Crippen molar-refractivity contribution in [2.24, 2.45) is 0 Å². The number of nitrogens with zero attached hydrogens (tertiary/aromatic N) is 3. The summed E-state index contributed by atoms with van der Waals surface area (Å²) in [6.07, 6.45) is 2.11. The van der Waals surface area contributed by atoms with Crippen LogP contribution in [0.1, 0.15) is 6.92 Å². The van der Waals surface area contributed by atoms with Crippen LogP contribution in [-0.2, 0) is 0 Å². The summed E-state index contributed by atoms with van der Waals surface area (Å²) in [6, 6.07) is 15.9. The molecule has 0 radical (unpaired) electrons. The summed E-state index contributed by atoms with van der Waals surface area (Å²) in [6.45, 7) is 2.63. The van der Waals surface area contributed by atoms with Crippen molar-refractivity contribution in [3.63, 3.8) is 0 Å². The molecule has 0 atom stereocenters. The molecule has 0 saturated carbocycles. The van der Waals surface area contributed by atoms with Gasteiger partial charge in [0.25, 0.3) is 0 Å². The van der Waals surface area contributed by atoms with Gasteiger partial charge in [-0.2, -0.15) is 11.8 Å². The summed E-state index contributed by atoms with van der Waals surface area (Å²) >= 11 is 3.54. The highest BCUT2D eigenvalue weighted by Crippen LogP contribution is 2.30. The molecule has 7 heteroatoms. The lowest BCUT2D eigenvalue weighted by molar-refractivity contribution is 0.340. The molecule has 142 valence electrons. The number of benzene rings is 2. The second kappa shape index (κ2) is 9.71. The van der Waals surface area contributed by atoms with E-state index in [1.54, 1.807) is 18.9 Å². The van der Waals surface area contributed by atoms with Gasteiger partial charge in [0, 0.05) is 22.8 Å². The van der Waals surface area contributed by atoms with Crippen LogP contribution in [0.2, 0.25) is 0 Å². The average Bonchev–Trinajstić information content (AvgIpc) is 3.13. The number of methoxy groups -OCH3 is 1. The normalized spacial score (nSPS) is 10.8. The molecule has 0 amide bonds. The van der Waals surface area contributed by atoms with Crippen LogP contribution in [-0.4, -0.2) is 46.2 Å². The van der Waals surface area contributed by atoms with E-state index < -0.39 is 0 Å². The van der Waals surface area contributed by atoms with Gasteiger partial charge in [-0.3, -0.25) is 4.57 Å². The minimum Gasteiger partial charge on any atom is -0.497 e. The first kappa shape index (κ1) is 19.6. The molecular formula is C20H23N3O2S2. The maximum atomic E-state index is 5.57. The molecule has 0 bridgehead atoms. The number of aromatic nitrogens is 3. The number of hydrogen-bond acceptors (Lipinski definition) is 6. The van der Waals surface area contributed by atoms with E-state index in [2.05, 4.69) is 21.0 Å². The Hall–Kier alpha value is -2.12. The van der Waals surface area contributed by atoms with Crippen molar-refractivity contribution in [2.45, 2.75) is 12.1 Å². The predicted octanol–water partition coefficient (Wildman–Crippen LogP) is 4.80. The van der Waals surface area contributed by atoms with Gasteiger partial charge in [-0.1, -0.05) is 23.9 Å². The molecule has 5 nitrogen and oxygen atoms in total. The Kier molecular flexibility index (Phi) is 7.06. The SMILES string of the molecule is CCOc1ccc(-n2c(SCCSC)nnc2-c2cccc(OC)c2)cc1. The van der Waals surface area contributed by atoms with E-state index in [4.69, 9.17) is 9.47 Å². The monoisotopic (exact) mass is 401 g/mol. The molecule has 0 saturated heterocycles. The zero-order chi connectivity index (χ0) is 19.1. The van der Waals surface area contributed by atoms with Crippen molar-refractivity contribution < 1.29 is 9.47 Å². The Labute approximate surface area is 168 Å². The fraction of sp³-hybridized carbons (Fsp3) is 0.300. The van der Waals surface area contributed by atoms with E-state index in [1.807, 2.05) is 67.2 Å². The lowest BCUT2D eigenvalue weighted by atomic mass is 10.2. The van der Waals surface area contributed by atoms with Crippen LogP contribution >= 0.6 is 23.5 Å². The molecule has 0 aliphatic heterocycles. The summed E-state index contributed by atoms with van der Waals surface area (Å²) < 4.78 is 13.0. The predicted molar refractivity (Wildman–Crippen MR) is 114 cm³/mol. The van der Waals surface area contributed by atoms with Crippen LogP contribution in [0.5, 0.6) is 11.5 Å². The van der Waals surface area contributed by atoms with Crippen molar-refractivity contribution in [3.8, 4) is 28.6 Å². The van der Waals surface area contributed by atoms with Crippen LogP contribution in [0.4, 0.5) is 0 Å². The lowest BCUT2D eigenvalue weighted by Gasteiger charge is -2.12. The number of hydrogen-bond donors (Lipinski definition) is 0. The van der Waals surface area contributed by atoms with Crippen molar-refractivity contribution in [1.82, 2.24) is 14.8 Å². The Bertz CT molecular complexity index is 866. The van der Waals surface area contributed by atoms with Crippen molar-refractivity contribution in [1.29, 1.82) is 0 Å². The Morgan fingerprint density at radius 1 is 1.00 bits per heavy atom. The van der Waals surface area contributed by atoms with Gasteiger partial charge >= 0.3 is 0 Å². The van der Waals surface area contributed by atoms with E-state index in [0.717, 1.165) is 45.2 Å². The van der Waals surface area contributed by atoms with Crippen LogP contribution in [0.15, 0.2) is 53.7 Å². The van der Waals surface area contributed by atoms with E-state index >= 15 is 0 Å². The van der Waals surface area contributed by atoms with Gasteiger partial charge in [0.2, 0.25) is 0 Å². The largest absolute Gasteiger partial charge is 0.497 e. The van der Waals surface area contributed by atoms with Gasteiger partial charge in [-0.25, -0.2) is 0 Å². The highest BCUT2D eigenvalue weighted by Gasteiger charge is 2.16. The van der Waals surface area contributed by atoms with Crippen LogP contribution < -0.4 is 9.47 Å². The molecule has 1 heterocycles. The first-order chi connectivity index (χ1) is 13.3. The molecule has 3 rings (SSSR count). The van der Waals surface area contributed by atoms with Crippen LogP contribution in [0, 0.1) is 0 Å². The van der Waals surface area contributed by atoms with Gasteiger partial charge in [0.05, 0.1) is 13.7 Å². The Balaban J connectivity index is 2.02. The van der Waals surface area contributed by atoms with E-state index in [0.29, 0.717) is 6.61 Å². The van der Waals surface area contributed by atoms with Crippen molar-refractivity contribution in [3.05, 3.63) is 48.5 Å². The topological polar surface area (TPSA) is 49.2 Å². The summed E-state index contributed by atoms with van der Waals surface area (Å²) in [7, 11) is 1.67. The lowest BCUT2D eigenvalue weighted by Crippen LogP contribution is -2.01. The van der Waals surface area contributed by atoms with E-state index in [1.165, 1.54) is 0 Å². The molecular weight excluding hydrogens is 378 g/mol. The number of rotatable bonds is 9. The molecule has 0 aliphatic carbocycles. The first-order valence-electron chi connectivity index (χ1n) is 8.71. The zero-order valence-electron chi connectivity index (χ0n) is 15.7. The highest BCUT2D eigenvalue weighted by molar-refractivity contribution is 8.02. The van der Waals surface area contributed by atoms with Crippen molar-refractivity contribution >= 4 is 23.5 Å². The molecule has 27 heavy (non-hydrogen) atoms. The Morgan fingerprint density at radius 2 is 1.81 bits per heavy atom. The number of ether oxygens (including phenoxy) is 2. The van der Waals surface area contributed by atoms with Gasteiger partial charge in [-0.15, -0.1) is 10.2 Å². The quantitative estimate of drug-likeness (QED) is 0.379. The molecule has 0 unspecified atom stereocenters. The third-order valence-electron chi connectivity index (χ3n) is 3.89. The third-order valence-corrected chi connectivity index (χ3v) is 5.69. The summed E-state index contributed by atoms with van der Waals surface area (Å²) in [5.74, 6) is 4.49. The summed E-state index contributed by atoms with van der Waals surface area (Å²) in [5, 5.41) is 9.80. The minimum atomic E-state index is 0.650. The van der Waals surface area contributed by atoms with E-state index in [9.17, 15) is 0 Å². The van der Waals surface area contributed by atoms with E-state index in [-0.39, 0.29) is 0 Å². The smallest absolute Gasteiger partial charge is 0.196 e. The molecule has 0 N–H and O–H groups in total. The summed E-state index contributed by atoms with van der Waals surface area (Å²) in [5.41, 5.74) is 1.97. The fourth-order valence-electron chi connectivity index (χ4n) is 2.62. The summed E-state index contributed by atoms with van der Waals surface area (Å²) in [4.78, 5) is 0. The molecule has 2 aromatic carbocycles. The highest BCUT2D eigenvalue weighted by atomic mass is 32.2.